The molecule has 0 aliphatic heterocycles. The van der Waals surface area contributed by atoms with Crippen molar-refractivity contribution in [1.29, 1.82) is 0 Å². The van der Waals surface area contributed by atoms with Gasteiger partial charge in [0.2, 0.25) is 0 Å². The lowest BCUT2D eigenvalue weighted by Gasteiger charge is -2.00. The van der Waals surface area contributed by atoms with Gasteiger partial charge in [-0.25, -0.2) is 0 Å². The SMILES string of the molecule is Cc1c(-c2ccc(Br)cc2)cn2ccccc12. The summed E-state index contributed by atoms with van der Waals surface area (Å²) in [6.07, 6.45) is 4.28. The molecule has 2 heterocycles. The van der Waals surface area contributed by atoms with E-state index >= 15 is 0 Å². The molecule has 3 aromatic rings. The van der Waals surface area contributed by atoms with Gasteiger partial charge < -0.3 is 4.40 Å². The smallest absolute Gasteiger partial charge is 0.0485 e. The standard InChI is InChI=1S/C15H12BrN/c1-11-14(12-5-7-13(16)8-6-12)10-17-9-3-2-4-15(11)17/h2-10H,1H3. The number of hydrogen-bond acceptors (Lipinski definition) is 0. The summed E-state index contributed by atoms with van der Waals surface area (Å²) in [5.74, 6) is 0. The van der Waals surface area contributed by atoms with Crippen LogP contribution in [0.25, 0.3) is 16.6 Å². The first-order valence-corrected chi connectivity index (χ1v) is 6.37. The zero-order valence-corrected chi connectivity index (χ0v) is 11.1. The van der Waals surface area contributed by atoms with Crippen LogP contribution in [0.4, 0.5) is 0 Å². The number of nitrogens with zero attached hydrogens (tertiary/aromatic N) is 1. The summed E-state index contributed by atoms with van der Waals surface area (Å²) in [6.45, 7) is 2.17. The molecule has 1 nitrogen and oxygen atoms in total. The highest BCUT2D eigenvalue weighted by Crippen LogP contribution is 2.28. The van der Waals surface area contributed by atoms with Crippen molar-refractivity contribution in [2.24, 2.45) is 0 Å². The van der Waals surface area contributed by atoms with Crippen LogP contribution in [-0.2, 0) is 0 Å². The minimum atomic E-state index is 1.11. The van der Waals surface area contributed by atoms with Crippen LogP contribution in [0.3, 0.4) is 0 Å². The monoisotopic (exact) mass is 285 g/mol. The summed E-state index contributed by atoms with van der Waals surface area (Å²) in [7, 11) is 0. The third-order valence-electron chi connectivity index (χ3n) is 3.10. The summed E-state index contributed by atoms with van der Waals surface area (Å²) < 4.78 is 3.29. The van der Waals surface area contributed by atoms with Gasteiger partial charge in [0.1, 0.15) is 0 Å². The Labute approximate surface area is 109 Å². The highest BCUT2D eigenvalue weighted by Gasteiger charge is 2.07. The molecule has 0 aliphatic carbocycles. The molecule has 3 rings (SSSR count). The maximum absolute atomic E-state index is 3.47. The molecule has 0 bridgehead atoms. The maximum Gasteiger partial charge on any atom is 0.0485 e. The number of hydrogen-bond donors (Lipinski definition) is 0. The molecule has 2 heteroatoms. The van der Waals surface area contributed by atoms with Gasteiger partial charge >= 0.3 is 0 Å². The minimum absolute atomic E-state index is 1.11. The lowest BCUT2D eigenvalue weighted by molar-refractivity contribution is 1.20. The van der Waals surface area contributed by atoms with Gasteiger partial charge in [0.05, 0.1) is 0 Å². The molecule has 17 heavy (non-hydrogen) atoms. The topological polar surface area (TPSA) is 4.41 Å². The van der Waals surface area contributed by atoms with Crippen LogP contribution in [0.15, 0.2) is 59.3 Å². The molecule has 0 N–H and O–H groups in total. The lowest BCUT2D eigenvalue weighted by Crippen LogP contribution is -1.78. The molecule has 0 saturated heterocycles. The van der Waals surface area contributed by atoms with Crippen LogP contribution in [0.2, 0.25) is 0 Å². The second-order valence-corrected chi connectivity index (χ2v) is 5.08. The van der Waals surface area contributed by atoms with E-state index in [-0.39, 0.29) is 0 Å². The van der Waals surface area contributed by atoms with E-state index in [1.54, 1.807) is 0 Å². The number of aromatic nitrogens is 1. The highest BCUT2D eigenvalue weighted by molar-refractivity contribution is 9.10. The van der Waals surface area contributed by atoms with Crippen LogP contribution >= 0.6 is 15.9 Å². The molecule has 84 valence electrons. The Morgan fingerprint density at radius 3 is 2.47 bits per heavy atom. The third-order valence-corrected chi connectivity index (χ3v) is 3.63. The van der Waals surface area contributed by atoms with Crippen molar-refractivity contribution in [3.05, 3.63) is 64.9 Å². The van der Waals surface area contributed by atoms with E-state index in [0.717, 1.165) is 4.47 Å². The average Bonchev–Trinajstić information content (AvgIpc) is 2.69. The summed E-state index contributed by atoms with van der Waals surface area (Å²) in [6, 6.07) is 14.7. The average molecular weight is 286 g/mol. The van der Waals surface area contributed by atoms with E-state index < -0.39 is 0 Å². The molecular formula is C15H12BrN. The molecule has 0 spiro atoms. The van der Waals surface area contributed by atoms with Crippen molar-refractivity contribution in [3.8, 4) is 11.1 Å². The number of aryl methyl sites for hydroxylation is 1. The van der Waals surface area contributed by atoms with Crippen LogP contribution < -0.4 is 0 Å². The molecule has 0 amide bonds. The number of pyridine rings is 1. The maximum atomic E-state index is 3.47. The molecule has 0 aliphatic rings. The van der Waals surface area contributed by atoms with Crippen molar-refractivity contribution >= 4 is 21.4 Å². The predicted octanol–water partition coefficient (Wildman–Crippen LogP) is 4.68. The van der Waals surface area contributed by atoms with Gasteiger partial charge in [0.25, 0.3) is 0 Å². The number of halogens is 1. The van der Waals surface area contributed by atoms with Gasteiger partial charge in [-0.1, -0.05) is 34.1 Å². The van der Waals surface area contributed by atoms with Gasteiger partial charge in [-0.15, -0.1) is 0 Å². The summed E-state index contributed by atoms with van der Waals surface area (Å²) in [5.41, 5.74) is 5.15. The third kappa shape index (κ3) is 1.79. The first kappa shape index (κ1) is 10.6. The van der Waals surface area contributed by atoms with Crippen LogP contribution in [0.5, 0.6) is 0 Å². The molecule has 2 aromatic heterocycles. The van der Waals surface area contributed by atoms with Crippen molar-refractivity contribution < 1.29 is 0 Å². The van der Waals surface area contributed by atoms with Crippen LogP contribution in [-0.4, -0.2) is 4.40 Å². The second kappa shape index (κ2) is 4.04. The Morgan fingerprint density at radius 1 is 1.00 bits per heavy atom. The van der Waals surface area contributed by atoms with Gasteiger partial charge in [-0.05, 0) is 42.3 Å². The van der Waals surface area contributed by atoms with Crippen molar-refractivity contribution in [3.63, 3.8) is 0 Å². The molecule has 0 saturated carbocycles. The van der Waals surface area contributed by atoms with Crippen molar-refractivity contribution in [1.82, 2.24) is 4.40 Å². The molecule has 0 radical (unpaired) electrons. The normalized spacial score (nSPS) is 10.9. The Kier molecular flexibility index (Phi) is 2.52. The number of fused-ring (bicyclic) bond motifs is 1. The first-order valence-electron chi connectivity index (χ1n) is 5.58. The quantitative estimate of drug-likeness (QED) is 0.612. The van der Waals surface area contributed by atoms with E-state index in [4.69, 9.17) is 0 Å². The summed E-state index contributed by atoms with van der Waals surface area (Å²) in [5, 5.41) is 0. The molecule has 0 fully saturated rings. The Balaban J connectivity index is 2.24. The first-order chi connectivity index (χ1) is 8.25. The van der Waals surface area contributed by atoms with Gasteiger partial charge in [0, 0.05) is 27.9 Å². The Bertz CT molecular complexity index is 665. The number of rotatable bonds is 1. The fraction of sp³-hybridized carbons (Fsp3) is 0.0667. The largest absolute Gasteiger partial charge is 0.323 e. The zero-order valence-electron chi connectivity index (χ0n) is 9.52. The second-order valence-electron chi connectivity index (χ2n) is 4.17. The van der Waals surface area contributed by atoms with Crippen LogP contribution in [0, 0.1) is 6.92 Å². The summed E-state index contributed by atoms with van der Waals surface area (Å²) >= 11 is 3.47. The molecular weight excluding hydrogens is 274 g/mol. The molecule has 1 aromatic carbocycles. The van der Waals surface area contributed by atoms with E-state index in [1.165, 1.54) is 22.2 Å². The Hall–Kier alpha value is -1.54. The fourth-order valence-corrected chi connectivity index (χ4v) is 2.45. The minimum Gasteiger partial charge on any atom is -0.323 e. The summed E-state index contributed by atoms with van der Waals surface area (Å²) in [4.78, 5) is 0. The van der Waals surface area contributed by atoms with Crippen molar-refractivity contribution in [2.45, 2.75) is 6.92 Å². The van der Waals surface area contributed by atoms with E-state index in [0.29, 0.717) is 0 Å². The lowest BCUT2D eigenvalue weighted by atomic mass is 10.1. The van der Waals surface area contributed by atoms with E-state index in [9.17, 15) is 0 Å². The van der Waals surface area contributed by atoms with Gasteiger partial charge in [-0.3, -0.25) is 0 Å². The number of benzene rings is 1. The van der Waals surface area contributed by atoms with Gasteiger partial charge in [0.15, 0.2) is 0 Å². The van der Waals surface area contributed by atoms with E-state index in [2.05, 4.69) is 82.1 Å². The van der Waals surface area contributed by atoms with E-state index in [1.807, 2.05) is 0 Å². The van der Waals surface area contributed by atoms with Crippen molar-refractivity contribution in [2.75, 3.05) is 0 Å². The van der Waals surface area contributed by atoms with Gasteiger partial charge in [-0.2, -0.15) is 0 Å². The molecule has 0 atom stereocenters. The fourth-order valence-electron chi connectivity index (χ4n) is 2.18. The zero-order chi connectivity index (χ0) is 11.8. The Morgan fingerprint density at radius 2 is 1.76 bits per heavy atom. The predicted molar refractivity (Wildman–Crippen MR) is 75.3 cm³/mol. The van der Waals surface area contributed by atoms with Crippen LogP contribution in [0.1, 0.15) is 5.56 Å². The highest BCUT2D eigenvalue weighted by atomic mass is 79.9. The molecule has 0 unspecified atom stereocenters.